The zero-order valence-electron chi connectivity index (χ0n) is 11.5. The van der Waals surface area contributed by atoms with Gasteiger partial charge in [0.25, 0.3) is 0 Å². The fourth-order valence-corrected chi connectivity index (χ4v) is 2.97. The molecule has 1 aliphatic rings. The van der Waals surface area contributed by atoms with Gasteiger partial charge in [0.15, 0.2) is 0 Å². The van der Waals surface area contributed by atoms with Crippen molar-refractivity contribution in [2.75, 3.05) is 6.61 Å². The first-order valence-electron chi connectivity index (χ1n) is 6.96. The summed E-state index contributed by atoms with van der Waals surface area (Å²) in [4.78, 5) is 0. The largest absolute Gasteiger partial charge is 0.493 e. The van der Waals surface area contributed by atoms with Gasteiger partial charge in [-0.1, -0.05) is 29.8 Å². The Hall–Kier alpha value is -1.51. The van der Waals surface area contributed by atoms with Crippen molar-refractivity contribution in [3.8, 4) is 16.9 Å². The van der Waals surface area contributed by atoms with E-state index < -0.39 is 0 Å². The Morgan fingerprint density at radius 1 is 1.15 bits per heavy atom. The van der Waals surface area contributed by atoms with Gasteiger partial charge in [0.2, 0.25) is 0 Å². The second-order valence-corrected chi connectivity index (χ2v) is 5.71. The molecular weight excluding hydrogens is 270 g/mol. The number of hydrogen-bond donors (Lipinski definition) is 1. The van der Waals surface area contributed by atoms with Crippen LogP contribution in [0.1, 0.15) is 30.5 Å². The molecule has 0 spiro atoms. The molecule has 2 aromatic rings. The molecular formula is C17H18ClNO. The number of fused-ring (bicyclic) bond motifs is 1. The van der Waals surface area contributed by atoms with Gasteiger partial charge in [0.1, 0.15) is 5.75 Å². The van der Waals surface area contributed by atoms with Crippen molar-refractivity contribution in [1.29, 1.82) is 0 Å². The van der Waals surface area contributed by atoms with E-state index in [4.69, 9.17) is 22.1 Å². The Kier molecular flexibility index (Phi) is 3.68. The van der Waals surface area contributed by atoms with E-state index in [1.807, 2.05) is 19.1 Å². The minimum absolute atomic E-state index is 0.0477. The van der Waals surface area contributed by atoms with E-state index in [0.29, 0.717) is 0 Å². The number of halogens is 1. The van der Waals surface area contributed by atoms with Crippen molar-refractivity contribution in [2.45, 2.75) is 25.8 Å². The molecule has 104 valence electrons. The van der Waals surface area contributed by atoms with Crippen LogP contribution in [-0.4, -0.2) is 6.61 Å². The Labute approximate surface area is 124 Å². The van der Waals surface area contributed by atoms with E-state index in [0.717, 1.165) is 41.3 Å². The number of ether oxygens (including phenoxy) is 1. The van der Waals surface area contributed by atoms with Crippen molar-refractivity contribution in [3.05, 3.63) is 52.5 Å². The second kappa shape index (κ2) is 5.47. The molecule has 2 N–H and O–H groups in total. The molecule has 0 aromatic heterocycles. The molecule has 0 saturated carbocycles. The number of rotatable bonds is 2. The van der Waals surface area contributed by atoms with Crippen LogP contribution < -0.4 is 10.5 Å². The van der Waals surface area contributed by atoms with Crippen LogP contribution in [0.25, 0.3) is 11.1 Å². The van der Waals surface area contributed by atoms with Crippen LogP contribution in [0.3, 0.4) is 0 Å². The molecule has 1 atom stereocenters. The minimum atomic E-state index is -0.0477. The average molecular weight is 288 g/mol. The van der Waals surface area contributed by atoms with Gasteiger partial charge in [0.05, 0.1) is 6.61 Å². The molecule has 0 amide bonds. The highest BCUT2D eigenvalue weighted by molar-refractivity contribution is 6.31. The van der Waals surface area contributed by atoms with Crippen molar-refractivity contribution in [1.82, 2.24) is 0 Å². The third-order valence-electron chi connectivity index (χ3n) is 3.73. The standard InChI is InChI=1S/C17H18ClNO/c1-11(19)15-6-4-13(10-16(15)18)12-5-7-17-14(9-12)3-2-8-20-17/h4-7,9-11H,2-3,8,19H2,1H3. The van der Waals surface area contributed by atoms with Crippen molar-refractivity contribution in [3.63, 3.8) is 0 Å². The molecule has 2 nitrogen and oxygen atoms in total. The van der Waals surface area contributed by atoms with E-state index in [1.165, 1.54) is 11.1 Å². The molecule has 2 aromatic carbocycles. The summed E-state index contributed by atoms with van der Waals surface area (Å²) in [6, 6.07) is 12.4. The number of nitrogens with two attached hydrogens (primary N) is 1. The van der Waals surface area contributed by atoms with E-state index in [-0.39, 0.29) is 6.04 Å². The van der Waals surface area contributed by atoms with Gasteiger partial charge in [0, 0.05) is 11.1 Å². The molecule has 3 rings (SSSR count). The normalized spacial score (nSPS) is 15.3. The van der Waals surface area contributed by atoms with Gasteiger partial charge in [-0.3, -0.25) is 0 Å². The Morgan fingerprint density at radius 3 is 2.65 bits per heavy atom. The molecule has 1 aliphatic heterocycles. The van der Waals surface area contributed by atoms with Crippen LogP contribution in [0.2, 0.25) is 5.02 Å². The summed E-state index contributed by atoms with van der Waals surface area (Å²) in [7, 11) is 0. The Bertz CT molecular complexity index is 637. The number of aryl methyl sites for hydroxylation is 1. The van der Waals surface area contributed by atoms with E-state index >= 15 is 0 Å². The van der Waals surface area contributed by atoms with Crippen LogP contribution in [-0.2, 0) is 6.42 Å². The average Bonchev–Trinajstić information content (AvgIpc) is 2.46. The monoisotopic (exact) mass is 287 g/mol. The fourth-order valence-electron chi connectivity index (χ4n) is 2.62. The smallest absolute Gasteiger partial charge is 0.122 e. The minimum Gasteiger partial charge on any atom is -0.493 e. The first kappa shape index (κ1) is 13.5. The quantitative estimate of drug-likeness (QED) is 0.891. The predicted octanol–water partition coefficient (Wildman–Crippen LogP) is 4.35. The summed E-state index contributed by atoms with van der Waals surface area (Å²) < 4.78 is 5.65. The fraction of sp³-hybridized carbons (Fsp3) is 0.294. The lowest BCUT2D eigenvalue weighted by molar-refractivity contribution is 0.288. The highest BCUT2D eigenvalue weighted by Gasteiger charge is 2.12. The topological polar surface area (TPSA) is 35.2 Å². The second-order valence-electron chi connectivity index (χ2n) is 5.30. The van der Waals surface area contributed by atoms with Crippen LogP contribution in [0, 0.1) is 0 Å². The maximum atomic E-state index is 6.31. The van der Waals surface area contributed by atoms with Gasteiger partial charge in [-0.25, -0.2) is 0 Å². The lowest BCUT2D eigenvalue weighted by atomic mass is 9.97. The van der Waals surface area contributed by atoms with Crippen LogP contribution in [0.4, 0.5) is 0 Å². The predicted molar refractivity (Wildman–Crippen MR) is 83.3 cm³/mol. The molecule has 0 fully saturated rings. The van der Waals surface area contributed by atoms with Crippen LogP contribution >= 0.6 is 11.6 Å². The highest BCUT2D eigenvalue weighted by atomic mass is 35.5. The maximum Gasteiger partial charge on any atom is 0.122 e. The molecule has 1 unspecified atom stereocenters. The Balaban J connectivity index is 1.99. The van der Waals surface area contributed by atoms with Crippen LogP contribution in [0.15, 0.2) is 36.4 Å². The van der Waals surface area contributed by atoms with Crippen molar-refractivity contribution in [2.24, 2.45) is 5.73 Å². The first-order valence-corrected chi connectivity index (χ1v) is 7.34. The molecule has 1 heterocycles. The first-order chi connectivity index (χ1) is 9.65. The van der Waals surface area contributed by atoms with Crippen LogP contribution in [0.5, 0.6) is 5.75 Å². The summed E-state index contributed by atoms with van der Waals surface area (Å²) in [5, 5.41) is 0.728. The summed E-state index contributed by atoms with van der Waals surface area (Å²) in [5.41, 5.74) is 10.4. The molecule has 0 aliphatic carbocycles. The van der Waals surface area contributed by atoms with Gasteiger partial charge < -0.3 is 10.5 Å². The number of hydrogen-bond acceptors (Lipinski definition) is 2. The molecule has 0 saturated heterocycles. The van der Waals surface area contributed by atoms with Crippen molar-refractivity contribution >= 4 is 11.6 Å². The maximum absolute atomic E-state index is 6.31. The van der Waals surface area contributed by atoms with E-state index in [2.05, 4.69) is 24.3 Å². The summed E-state index contributed by atoms with van der Waals surface area (Å²) in [6.07, 6.45) is 2.16. The Morgan fingerprint density at radius 2 is 1.90 bits per heavy atom. The summed E-state index contributed by atoms with van der Waals surface area (Å²) in [5.74, 6) is 1.01. The summed E-state index contributed by atoms with van der Waals surface area (Å²) in [6.45, 7) is 2.76. The van der Waals surface area contributed by atoms with E-state index in [1.54, 1.807) is 0 Å². The highest BCUT2D eigenvalue weighted by Crippen LogP contribution is 2.32. The SMILES string of the molecule is CC(N)c1ccc(-c2ccc3c(c2)CCCO3)cc1Cl. The molecule has 0 radical (unpaired) electrons. The zero-order valence-corrected chi connectivity index (χ0v) is 12.3. The van der Waals surface area contributed by atoms with Crippen molar-refractivity contribution < 1.29 is 4.74 Å². The molecule has 3 heteroatoms. The molecule has 20 heavy (non-hydrogen) atoms. The summed E-state index contributed by atoms with van der Waals surface area (Å²) >= 11 is 6.31. The van der Waals surface area contributed by atoms with E-state index in [9.17, 15) is 0 Å². The van der Waals surface area contributed by atoms with Gasteiger partial charge in [-0.15, -0.1) is 0 Å². The molecule has 0 bridgehead atoms. The zero-order chi connectivity index (χ0) is 14.1. The number of benzene rings is 2. The lowest BCUT2D eigenvalue weighted by Crippen LogP contribution is -2.08. The van der Waals surface area contributed by atoms with Gasteiger partial charge in [-0.05, 0) is 60.2 Å². The van der Waals surface area contributed by atoms with Gasteiger partial charge in [-0.2, -0.15) is 0 Å². The third kappa shape index (κ3) is 2.54. The lowest BCUT2D eigenvalue weighted by Gasteiger charge is -2.18. The third-order valence-corrected chi connectivity index (χ3v) is 4.06. The van der Waals surface area contributed by atoms with Gasteiger partial charge >= 0.3 is 0 Å².